The van der Waals surface area contributed by atoms with E-state index in [4.69, 9.17) is 0 Å². The van der Waals surface area contributed by atoms with Crippen LogP contribution in [0.2, 0.25) is 0 Å². The molecule has 2 aromatic rings. The summed E-state index contributed by atoms with van der Waals surface area (Å²) in [6, 6.07) is 9.48. The number of aryl methyl sites for hydroxylation is 2. The number of nitrogens with one attached hydrogen (secondary N) is 1. The van der Waals surface area contributed by atoms with E-state index in [2.05, 4.69) is 78.9 Å². The molecule has 26 heavy (non-hydrogen) atoms. The highest BCUT2D eigenvalue weighted by Crippen LogP contribution is 2.22. The second-order valence-corrected chi connectivity index (χ2v) is 7.96. The van der Waals surface area contributed by atoms with Crippen LogP contribution >= 0.6 is 0 Å². The second kappa shape index (κ2) is 8.26. The highest BCUT2D eigenvalue weighted by atomic mass is 15.3. The van der Waals surface area contributed by atoms with Gasteiger partial charge in [-0.25, -0.2) is 0 Å². The molecule has 1 aliphatic heterocycles. The number of nitrogens with zero attached hydrogens (tertiary/aromatic N) is 3. The van der Waals surface area contributed by atoms with Crippen molar-refractivity contribution in [1.29, 1.82) is 0 Å². The predicted octanol–water partition coefficient (Wildman–Crippen LogP) is 4.72. The predicted molar refractivity (Wildman–Crippen MR) is 110 cm³/mol. The minimum atomic E-state index is 0.524. The van der Waals surface area contributed by atoms with Crippen LogP contribution in [0.1, 0.15) is 62.0 Å². The van der Waals surface area contributed by atoms with E-state index >= 15 is 0 Å². The summed E-state index contributed by atoms with van der Waals surface area (Å²) in [5.74, 6) is 0.588. The van der Waals surface area contributed by atoms with E-state index < -0.39 is 0 Å². The van der Waals surface area contributed by atoms with Crippen molar-refractivity contribution in [3.05, 3.63) is 46.8 Å². The number of hydrogen-bond donors (Lipinski definition) is 1. The Labute approximate surface area is 158 Å². The first-order valence-corrected chi connectivity index (χ1v) is 10.1. The van der Waals surface area contributed by atoms with Gasteiger partial charge in [0.2, 0.25) is 0 Å². The average molecular weight is 355 g/mol. The van der Waals surface area contributed by atoms with Gasteiger partial charge in [0.1, 0.15) is 0 Å². The van der Waals surface area contributed by atoms with Crippen molar-refractivity contribution in [1.82, 2.24) is 14.7 Å². The van der Waals surface area contributed by atoms with Crippen molar-refractivity contribution < 1.29 is 0 Å². The molecule has 142 valence electrons. The summed E-state index contributed by atoms with van der Waals surface area (Å²) in [5, 5.41) is 8.42. The molecule has 0 radical (unpaired) electrons. The van der Waals surface area contributed by atoms with Crippen LogP contribution < -0.4 is 5.32 Å². The Kier molecular flexibility index (Phi) is 6.02. The van der Waals surface area contributed by atoms with Gasteiger partial charge in [0.05, 0.1) is 5.69 Å². The van der Waals surface area contributed by atoms with E-state index in [-0.39, 0.29) is 0 Å². The number of piperidine rings is 1. The zero-order chi connectivity index (χ0) is 18.7. The molecule has 1 fully saturated rings. The Hall–Kier alpha value is -1.81. The molecular weight excluding hydrogens is 320 g/mol. The minimum Gasteiger partial charge on any atom is -0.381 e. The van der Waals surface area contributed by atoms with E-state index in [9.17, 15) is 0 Å². The third-order valence-electron chi connectivity index (χ3n) is 5.67. The largest absolute Gasteiger partial charge is 0.381 e. The maximum absolute atomic E-state index is 4.68. The van der Waals surface area contributed by atoms with Gasteiger partial charge >= 0.3 is 0 Å². The summed E-state index contributed by atoms with van der Waals surface area (Å²) in [6.07, 6.45) is 2.50. The van der Waals surface area contributed by atoms with Crippen LogP contribution in [0.3, 0.4) is 0 Å². The summed E-state index contributed by atoms with van der Waals surface area (Å²) in [6.45, 7) is 15.2. The first-order valence-electron chi connectivity index (χ1n) is 10.1. The highest BCUT2D eigenvalue weighted by molar-refractivity contribution is 5.46. The molecule has 0 bridgehead atoms. The summed E-state index contributed by atoms with van der Waals surface area (Å²) >= 11 is 0. The zero-order valence-corrected chi connectivity index (χ0v) is 17.0. The number of aromatic nitrogens is 2. The van der Waals surface area contributed by atoms with Gasteiger partial charge < -0.3 is 5.32 Å². The van der Waals surface area contributed by atoms with Gasteiger partial charge in [0.15, 0.2) is 0 Å². The van der Waals surface area contributed by atoms with Gasteiger partial charge in [-0.2, -0.15) is 5.10 Å². The lowest BCUT2D eigenvalue weighted by Gasteiger charge is -2.33. The van der Waals surface area contributed by atoms with Gasteiger partial charge in [-0.15, -0.1) is 0 Å². The van der Waals surface area contributed by atoms with Gasteiger partial charge in [-0.3, -0.25) is 9.58 Å². The van der Waals surface area contributed by atoms with Crippen LogP contribution in [-0.2, 0) is 13.1 Å². The summed E-state index contributed by atoms with van der Waals surface area (Å²) in [7, 11) is 0. The summed E-state index contributed by atoms with van der Waals surface area (Å²) in [4.78, 5) is 2.58. The van der Waals surface area contributed by atoms with E-state index in [1.54, 1.807) is 0 Å². The molecule has 1 N–H and O–H groups in total. The fourth-order valence-corrected chi connectivity index (χ4v) is 4.01. The topological polar surface area (TPSA) is 33.1 Å². The molecule has 0 aliphatic carbocycles. The SMILES string of the molecule is CCn1nc(C)c(CN2CCCC(Nc3ccc(C(C)C)cc3)C2)c1C. The van der Waals surface area contributed by atoms with Crippen molar-refractivity contribution in [3.63, 3.8) is 0 Å². The van der Waals surface area contributed by atoms with E-state index in [0.717, 1.165) is 19.6 Å². The lowest BCUT2D eigenvalue weighted by atomic mass is 10.0. The standard InChI is InChI=1S/C22H34N4/c1-6-26-18(5)22(17(4)24-26)15-25-13-7-8-21(14-25)23-20-11-9-19(10-12-20)16(2)3/h9-12,16,21,23H,6-8,13-15H2,1-5H3. The number of hydrogen-bond acceptors (Lipinski definition) is 3. The average Bonchev–Trinajstić information content (AvgIpc) is 2.90. The minimum absolute atomic E-state index is 0.524. The Morgan fingerprint density at radius 2 is 1.92 bits per heavy atom. The number of likely N-dealkylation sites (tertiary alicyclic amines) is 1. The maximum Gasteiger partial charge on any atom is 0.0641 e. The Balaban J connectivity index is 1.61. The van der Waals surface area contributed by atoms with Crippen molar-refractivity contribution in [2.24, 2.45) is 0 Å². The molecule has 1 unspecified atom stereocenters. The summed E-state index contributed by atoms with van der Waals surface area (Å²) < 4.78 is 2.13. The Bertz CT molecular complexity index is 714. The van der Waals surface area contributed by atoms with Crippen molar-refractivity contribution in [3.8, 4) is 0 Å². The normalized spacial score (nSPS) is 18.5. The molecule has 0 saturated carbocycles. The van der Waals surface area contributed by atoms with Crippen molar-refractivity contribution in [2.45, 2.75) is 72.5 Å². The van der Waals surface area contributed by atoms with Gasteiger partial charge in [0.25, 0.3) is 0 Å². The highest BCUT2D eigenvalue weighted by Gasteiger charge is 2.22. The Morgan fingerprint density at radius 3 is 2.54 bits per heavy atom. The van der Waals surface area contributed by atoms with Crippen molar-refractivity contribution in [2.75, 3.05) is 18.4 Å². The second-order valence-electron chi connectivity index (χ2n) is 7.96. The number of rotatable bonds is 6. The molecule has 3 rings (SSSR count). The molecule has 1 saturated heterocycles. The van der Waals surface area contributed by atoms with Crippen LogP contribution in [-0.4, -0.2) is 33.8 Å². The monoisotopic (exact) mass is 354 g/mol. The summed E-state index contributed by atoms with van der Waals surface area (Å²) in [5.41, 5.74) is 6.56. The molecule has 0 spiro atoms. The fraction of sp³-hybridized carbons (Fsp3) is 0.591. The van der Waals surface area contributed by atoms with E-state index in [1.165, 1.54) is 47.6 Å². The molecule has 1 aliphatic rings. The molecule has 1 atom stereocenters. The lowest BCUT2D eigenvalue weighted by Crippen LogP contribution is -2.41. The number of benzene rings is 1. The quantitative estimate of drug-likeness (QED) is 0.815. The van der Waals surface area contributed by atoms with Gasteiger partial charge in [0, 0.05) is 42.6 Å². The fourth-order valence-electron chi connectivity index (χ4n) is 4.01. The molecule has 4 heteroatoms. The molecule has 1 aromatic carbocycles. The van der Waals surface area contributed by atoms with Crippen LogP contribution in [0, 0.1) is 13.8 Å². The van der Waals surface area contributed by atoms with Crippen LogP contribution in [0.15, 0.2) is 24.3 Å². The smallest absolute Gasteiger partial charge is 0.0641 e. The first kappa shape index (κ1) is 19.0. The van der Waals surface area contributed by atoms with Gasteiger partial charge in [-0.1, -0.05) is 26.0 Å². The van der Waals surface area contributed by atoms with Crippen LogP contribution in [0.25, 0.3) is 0 Å². The lowest BCUT2D eigenvalue weighted by molar-refractivity contribution is 0.208. The molecule has 0 amide bonds. The third-order valence-corrected chi connectivity index (χ3v) is 5.67. The van der Waals surface area contributed by atoms with E-state index in [0.29, 0.717) is 12.0 Å². The van der Waals surface area contributed by atoms with Crippen molar-refractivity contribution >= 4 is 5.69 Å². The Morgan fingerprint density at radius 1 is 1.19 bits per heavy atom. The maximum atomic E-state index is 4.68. The number of anilines is 1. The zero-order valence-electron chi connectivity index (χ0n) is 17.0. The molecule has 1 aromatic heterocycles. The molecule has 2 heterocycles. The molecule has 4 nitrogen and oxygen atoms in total. The van der Waals surface area contributed by atoms with E-state index in [1.807, 2.05) is 0 Å². The first-order chi connectivity index (χ1) is 12.5. The molecular formula is C22H34N4. The van der Waals surface area contributed by atoms with Crippen LogP contribution in [0.4, 0.5) is 5.69 Å². The van der Waals surface area contributed by atoms with Crippen LogP contribution in [0.5, 0.6) is 0 Å². The third kappa shape index (κ3) is 4.29. The van der Waals surface area contributed by atoms with Gasteiger partial charge in [-0.05, 0) is 63.8 Å².